The molecule has 0 aliphatic rings. The van der Waals surface area contributed by atoms with E-state index in [4.69, 9.17) is 4.74 Å². The summed E-state index contributed by atoms with van der Waals surface area (Å²) in [4.78, 5) is 11.6. The molecule has 16 heavy (non-hydrogen) atoms. The molecule has 2 heteroatoms. The molecule has 0 spiro atoms. The number of carbonyl (C=O) groups excluding carboxylic acids is 1. The minimum Gasteiger partial charge on any atom is -0.460 e. The molecule has 0 atom stereocenters. The molecule has 0 rings (SSSR count). The van der Waals surface area contributed by atoms with Gasteiger partial charge in [0, 0.05) is 0 Å². The van der Waals surface area contributed by atoms with E-state index in [0.29, 0.717) is 6.42 Å². The maximum absolute atomic E-state index is 11.6. The topological polar surface area (TPSA) is 26.3 Å². The van der Waals surface area contributed by atoms with E-state index in [1.807, 2.05) is 45.9 Å². The van der Waals surface area contributed by atoms with Crippen LogP contribution in [0.25, 0.3) is 0 Å². The third-order valence-corrected chi connectivity index (χ3v) is 1.68. The zero-order valence-electron chi connectivity index (χ0n) is 10.7. The largest absolute Gasteiger partial charge is 0.460 e. The Hall–Kier alpha value is -1.31. The van der Waals surface area contributed by atoms with Crippen molar-refractivity contribution in [3.63, 3.8) is 0 Å². The molecular formula is C14H22O2. The van der Waals surface area contributed by atoms with Crippen LogP contribution in [0.5, 0.6) is 0 Å². The Morgan fingerprint density at radius 3 is 2.44 bits per heavy atom. The second-order valence-corrected chi connectivity index (χ2v) is 4.55. The molecular weight excluding hydrogens is 200 g/mol. The van der Waals surface area contributed by atoms with E-state index < -0.39 is 5.60 Å². The maximum atomic E-state index is 11.6. The van der Waals surface area contributed by atoms with Crippen LogP contribution in [0, 0.1) is 0 Å². The van der Waals surface area contributed by atoms with Crippen molar-refractivity contribution in [2.24, 2.45) is 0 Å². The average molecular weight is 222 g/mol. The summed E-state index contributed by atoms with van der Waals surface area (Å²) in [6.45, 7) is 11.2. The predicted octanol–water partition coefficient (Wildman–Crippen LogP) is 3.80. The van der Waals surface area contributed by atoms with Crippen LogP contribution in [0.15, 0.2) is 36.5 Å². The molecule has 0 radical (unpaired) electrons. The van der Waals surface area contributed by atoms with E-state index in [-0.39, 0.29) is 5.97 Å². The normalized spacial score (nSPS) is 12.9. The van der Waals surface area contributed by atoms with E-state index in [1.54, 1.807) is 6.08 Å². The summed E-state index contributed by atoms with van der Waals surface area (Å²) in [7, 11) is 0. The van der Waals surface area contributed by atoms with E-state index in [9.17, 15) is 4.79 Å². The van der Waals surface area contributed by atoms with E-state index in [1.165, 1.54) is 0 Å². The van der Waals surface area contributed by atoms with Crippen LogP contribution >= 0.6 is 0 Å². The van der Waals surface area contributed by atoms with Gasteiger partial charge in [-0.05, 0) is 32.8 Å². The van der Waals surface area contributed by atoms with Crippen molar-refractivity contribution in [2.75, 3.05) is 0 Å². The summed E-state index contributed by atoms with van der Waals surface area (Å²) in [5.41, 5.74) is 0.549. The Kier molecular flexibility index (Phi) is 6.47. The Morgan fingerprint density at radius 2 is 2.00 bits per heavy atom. The number of hydrogen-bond donors (Lipinski definition) is 0. The molecule has 0 saturated carbocycles. The highest BCUT2D eigenvalue weighted by molar-refractivity contribution is 5.73. The smallest absolute Gasteiger partial charge is 0.310 e. The van der Waals surface area contributed by atoms with Crippen LogP contribution in [0.1, 0.15) is 40.5 Å². The minimum atomic E-state index is -0.420. The summed E-state index contributed by atoms with van der Waals surface area (Å²) in [5.74, 6) is -0.194. The van der Waals surface area contributed by atoms with Gasteiger partial charge in [0.05, 0.1) is 6.42 Å². The van der Waals surface area contributed by atoms with Crippen molar-refractivity contribution in [3.05, 3.63) is 36.5 Å². The van der Waals surface area contributed by atoms with Gasteiger partial charge in [-0.15, -0.1) is 0 Å². The zero-order chi connectivity index (χ0) is 12.6. The number of carbonyl (C=O) groups is 1. The van der Waals surface area contributed by atoms with Gasteiger partial charge in [0.2, 0.25) is 0 Å². The monoisotopic (exact) mass is 222 g/mol. The third-order valence-electron chi connectivity index (χ3n) is 1.68. The summed E-state index contributed by atoms with van der Waals surface area (Å²) in [6, 6.07) is 0. The molecule has 0 aromatic heterocycles. The van der Waals surface area contributed by atoms with Gasteiger partial charge in [-0.1, -0.05) is 37.8 Å². The Morgan fingerprint density at radius 1 is 1.38 bits per heavy atom. The van der Waals surface area contributed by atoms with Crippen molar-refractivity contribution in [1.82, 2.24) is 0 Å². The molecule has 0 aromatic carbocycles. The first-order chi connectivity index (χ1) is 7.39. The van der Waals surface area contributed by atoms with Gasteiger partial charge < -0.3 is 4.74 Å². The fraction of sp³-hybridized carbons (Fsp3) is 0.500. The van der Waals surface area contributed by atoms with Gasteiger partial charge in [0.15, 0.2) is 0 Å². The summed E-state index contributed by atoms with van der Waals surface area (Å²) in [6.07, 6.45) is 8.64. The average Bonchev–Trinajstić information content (AvgIpc) is 2.11. The molecule has 0 bridgehead atoms. The molecule has 0 fully saturated rings. The highest BCUT2D eigenvalue weighted by Gasteiger charge is 2.16. The summed E-state index contributed by atoms with van der Waals surface area (Å²) < 4.78 is 5.26. The van der Waals surface area contributed by atoms with E-state index >= 15 is 0 Å². The van der Waals surface area contributed by atoms with Crippen molar-refractivity contribution in [1.29, 1.82) is 0 Å². The highest BCUT2D eigenvalue weighted by Crippen LogP contribution is 2.12. The number of rotatable bonds is 5. The second-order valence-electron chi connectivity index (χ2n) is 4.55. The fourth-order valence-electron chi connectivity index (χ4n) is 1.20. The fourth-order valence-corrected chi connectivity index (χ4v) is 1.20. The molecule has 2 nitrogen and oxygen atoms in total. The minimum absolute atomic E-state index is 0.194. The van der Waals surface area contributed by atoms with E-state index in [2.05, 4.69) is 6.58 Å². The standard InChI is InChI=1S/C14H22O2/c1-6-8-10-12(9-7-2)11-13(15)16-14(3,4)5/h6,8-10H,1,7,11H2,2-5H3/b10-8-,12-9+. The van der Waals surface area contributed by atoms with Gasteiger partial charge in [-0.2, -0.15) is 0 Å². The van der Waals surface area contributed by atoms with Gasteiger partial charge in [-0.3, -0.25) is 4.79 Å². The van der Waals surface area contributed by atoms with Gasteiger partial charge in [0.1, 0.15) is 5.60 Å². The van der Waals surface area contributed by atoms with Crippen molar-refractivity contribution in [2.45, 2.75) is 46.1 Å². The first-order valence-corrected chi connectivity index (χ1v) is 5.59. The first-order valence-electron chi connectivity index (χ1n) is 5.59. The van der Waals surface area contributed by atoms with Crippen LogP contribution in [-0.4, -0.2) is 11.6 Å². The summed E-state index contributed by atoms with van der Waals surface area (Å²) >= 11 is 0. The van der Waals surface area contributed by atoms with Crippen molar-refractivity contribution in [3.8, 4) is 0 Å². The zero-order valence-corrected chi connectivity index (χ0v) is 10.7. The van der Waals surface area contributed by atoms with Crippen LogP contribution < -0.4 is 0 Å². The molecule has 0 heterocycles. The number of esters is 1. The Balaban J connectivity index is 4.41. The van der Waals surface area contributed by atoms with Gasteiger partial charge in [-0.25, -0.2) is 0 Å². The van der Waals surface area contributed by atoms with Crippen LogP contribution in [-0.2, 0) is 9.53 Å². The molecule has 0 N–H and O–H groups in total. The van der Waals surface area contributed by atoms with Crippen LogP contribution in [0.2, 0.25) is 0 Å². The maximum Gasteiger partial charge on any atom is 0.310 e. The number of ether oxygens (including phenoxy) is 1. The van der Waals surface area contributed by atoms with Gasteiger partial charge in [0.25, 0.3) is 0 Å². The second kappa shape index (κ2) is 7.04. The molecule has 0 aromatic rings. The summed E-state index contributed by atoms with van der Waals surface area (Å²) in [5, 5.41) is 0. The van der Waals surface area contributed by atoms with E-state index in [0.717, 1.165) is 12.0 Å². The van der Waals surface area contributed by atoms with Crippen LogP contribution in [0.3, 0.4) is 0 Å². The lowest BCUT2D eigenvalue weighted by Crippen LogP contribution is -2.23. The molecule has 90 valence electrons. The molecule has 0 aliphatic heterocycles. The third kappa shape index (κ3) is 8.04. The Labute approximate surface area is 98.7 Å². The molecule has 0 aliphatic carbocycles. The molecule has 0 saturated heterocycles. The predicted molar refractivity (Wildman–Crippen MR) is 68.2 cm³/mol. The lowest BCUT2D eigenvalue weighted by molar-refractivity contribution is -0.153. The Bertz CT molecular complexity index is 290. The number of allylic oxidation sites excluding steroid dienone is 4. The number of hydrogen-bond acceptors (Lipinski definition) is 2. The van der Waals surface area contributed by atoms with Crippen molar-refractivity contribution >= 4 is 5.97 Å². The lowest BCUT2D eigenvalue weighted by atomic mass is 10.1. The van der Waals surface area contributed by atoms with Crippen molar-refractivity contribution < 1.29 is 9.53 Å². The molecule has 0 unspecified atom stereocenters. The quantitative estimate of drug-likeness (QED) is 0.522. The highest BCUT2D eigenvalue weighted by atomic mass is 16.6. The lowest BCUT2D eigenvalue weighted by Gasteiger charge is -2.19. The molecule has 0 amide bonds. The van der Waals surface area contributed by atoms with Gasteiger partial charge >= 0.3 is 5.97 Å². The van der Waals surface area contributed by atoms with Crippen LogP contribution in [0.4, 0.5) is 0 Å². The SMILES string of the molecule is C=C/C=C\C(=C/CC)CC(=O)OC(C)(C)C. The first kappa shape index (κ1) is 14.7.